The molecule has 17 heavy (non-hydrogen) atoms. The maximum atomic E-state index is 12.2. The second kappa shape index (κ2) is 7.04. The molecular weight excluding hydrogens is 216 g/mol. The van der Waals surface area contributed by atoms with Gasteiger partial charge in [-0.05, 0) is 12.5 Å². The predicted molar refractivity (Wildman–Crippen MR) is 67.5 cm³/mol. The molecule has 1 aromatic carbocycles. The molecule has 1 amide bonds. The van der Waals surface area contributed by atoms with Crippen molar-refractivity contribution in [2.24, 2.45) is 5.73 Å². The molecule has 1 aromatic rings. The molecule has 1 unspecified atom stereocenters. The minimum atomic E-state index is -0.539. The standard InChI is InChI=1S/C13H20N2O2/c1-3-15(10-9-14)13(16)12(17-2)11-7-5-4-6-8-11/h4-8,12H,3,9-10,14H2,1-2H3. The van der Waals surface area contributed by atoms with Gasteiger partial charge >= 0.3 is 0 Å². The lowest BCUT2D eigenvalue weighted by atomic mass is 10.1. The van der Waals surface area contributed by atoms with E-state index in [1.807, 2.05) is 37.3 Å². The number of carbonyl (C=O) groups is 1. The smallest absolute Gasteiger partial charge is 0.256 e. The van der Waals surface area contributed by atoms with E-state index < -0.39 is 6.10 Å². The van der Waals surface area contributed by atoms with Gasteiger partial charge in [0.15, 0.2) is 6.10 Å². The van der Waals surface area contributed by atoms with E-state index in [1.54, 1.807) is 12.0 Å². The first kappa shape index (κ1) is 13.7. The van der Waals surface area contributed by atoms with Crippen LogP contribution in [0.1, 0.15) is 18.6 Å². The molecule has 0 aliphatic carbocycles. The Hall–Kier alpha value is -1.39. The van der Waals surface area contributed by atoms with Crippen molar-refractivity contribution in [3.05, 3.63) is 35.9 Å². The van der Waals surface area contributed by atoms with Crippen molar-refractivity contribution in [2.75, 3.05) is 26.7 Å². The number of hydrogen-bond acceptors (Lipinski definition) is 3. The third-order valence-electron chi connectivity index (χ3n) is 2.65. The quantitative estimate of drug-likeness (QED) is 0.807. The molecule has 0 saturated heterocycles. The molecule has 0 aliphatic heterocycles. The van der Waals surface area contributed by atoms with Gasteiger partial charge in [-0.15, -0.1) is 0 Å². The van der Waals surface area contributed by atoms with Crippen LogP contribution in [0.4, 0.5) is 0 Å². The van der Waals surface area contributed by atoms with Crippen molar-refractivity contribution in [3.8, 4) is 0 Å². The molecule has 0 aliphatic rings. The van der Waals surface area contributed by atoms with Crippen molar-refractivity contribution in [1.29, 1.82) is 0 Å². The fourth-order valence-electron chi connectivity index (χ4n) is 1.75. The van der Waals surface area contributed by atoms with E-state index in [0.29, 0.717) is 19.6 Å². The molecular formula is C13H20N2O2. The van der Waals surface area contributed by atoms with Crippen LogP contribution in [0.15, 0.2) is 30.3 Å². The number of nitrogens with two attached hydrogens (primary N) is 1. The number of hydrogen-bond donors (Lipinski definition) is 1. The van der Waals surface area contributed by atoms with Crippen molar-refractivity contribution in [2.45, 2.75) is 13.0 Å². The molecule has 2 N–H and O–H groups in total. The number of ether oxygens (including phenoxy) is 1. The third-order valence-corrected chi connectivity index (χ3v) is 2.65. The Balaban J connectivity index is 2.83. The number of carbonyl (C=O) groups excluding carboxylic acids is 1. The third kappa shape index (κ3) is 3.54. The minimum Gasteiger partial charge on any atom is -0.367 e. The Labute approximate surface area is 102 Å². The van der Waals surface area contributed by atoms with Gasteiger partial charge in [-0.1, -0.05) is 30.3 Å². The zero-order valence-corrected chi connectivity index (χ0v) is 10.4. The van der Waals surface area contributed by atoms with Gasteiger partial charge in [0.1, 0.15) is 0 Å². The molecule has 0 heterocycles. The normalized spacial score (nSPS) is 12.2. The molecule has 0 aromatic heterocycles. The SMILES string of the molecule is CCN(CCN)C(=O)C(OC)c1ccccc1. The summed E-state index contributed by atoms with van der Waals surface area (Å²) in [6, 6.07) is 9.49. The van der Waals surface area contributed by atoms with E-state index >= 15 is 0 Å². The van der Waals surface area contributed by atoms with Crippen LogP contribution in [-0.4, -0.2) is 37.6 Å². The van der Waals surface area contributed by atoms with E-state index in [-0.39, 0.29) is 5.91 Å². The van der Waals surface area contributed by atoms with Gasteiger partial charge in [-0.3, -0.25) is 4.79 Å². The van der Waals surface area contributed by atoms with E-state index in [9.17, 15) is 4.79 Å². The molecule has 0 radical (unpaired) electrons. The molecule has 4 heteroatoms. The summed E-state index contributed by atoms with van der Waals surface area (Å²) >= 11 is 0. The van der Waals surface area contributed by atoms with Crippen LogP contribution in [0, 0.1) is 0 Å². The summed E-state index contributed by atoms with van der Waals surface area (Å²) in [6.07, 6.45) is -0.539. The molecule has 1 rings (SSSR count). The van der Waals surface area contributed by atoms with Crippen molar-refractivity contribution >= 4 is 5.91 Å². The van der Waals surface area contributed by atoms with E-state index in [0.717, 1.165) is 5.56 Å². The number of rotatable bonds is 6. The van der Waals surface area contributed by atoms with Crippen LogP contribution in [-0.2, 0) is 9.53 Å². The molecule has 4 nitrogen and oxygen atoms in total. The maximum Gasteiger partial charge on any atom is 0.256 e. The van der Waals surface area contributed by atoms with Crippen LogP contribution in [0.5, 0.6) is 0 Å². The Bertz CT molecular complexity index is 341. The first-order valence-electron chi connectivity index (χ1n) is 5.81. The summed E-state index contributed by atoms with van der Waals surface area (Å²) in [4.78, 5) is 14.0. The van der Waals surface area contributed by atoms with E-state index in [4.69, 9.17) is 10.5 Å². The zero-order chi connectivity index (χ0) is 12.7. The van der Waals surface area contributed by atoms with Crippen molar-refractivity contribution in [1.82, 2.24) is 4.90 Å². The lowest BCUT2D eigenvalue weighted by Gasteiger charge is -2.25. The minimum absolute atomic E-state index is 0.0355. The summed E-state index contributed by atoms with van der Waals surface area (Å²) in [5, 5.41) is 0. The monoisotopic (exact) mass is 236 g/mol. The number of nitrogens with zero attached hydrogens (tertiary/aromatic N) is 1. The van der Waals surface area contributed by atoms with Crippen LogP contribution >= 0.6 is 0 Å². The van der Waals surface area contributed by atoms with Gasteiger partial charge in [0.05, 0.1) is 0 Å². The highest BCUT2D eigenvalue weighted by atomic mass is 16.5. The summed E-state index contributed by atoms with van der Waals surface area (Å²) in [5.74, 6) is -0.0355. The molecule has 0 fully saturated rings. The highest BCUT2D eigenvalue weighted by molar-refractivity contribution is 5.82. The largest absolute Gasteiger partial charge is 0.367 e. The highest BCUT2D eigenvalue weighted by Gasteiger charge is 2.24. The second-order valence-electron chi connectivity index (χ2n) is 3.73. The molecule has 1 atom stereocenters. The summed E-state index contributed by atoms with van der Waals surface area (Å²) in [6.45, 7) is 3.60. The van der Waals surface area contributed by atoms with Crippen molar-refractivity contribution < 1.29 is 9.53 Å². The molecule has 0 bridgehead atoms. The first-order valence-corrected chi connectivity index (χ1v) is 5.81. The first-order chi connectivity index (χ1) is 8.24. The van der Waals surface area contributed by atoms with Crippen molar-refractivity contribution in [3.63, 3.8) is 0 Å². The fourth-order valence-corrected chi connectivity index (χ4v) is 1.75. The Morgan fingerprint density at radius 3 is 2.53 bits per heavy atom. The number of likely N-dealkylation sites (N-methyl/N-ethyl adjacent to an activating group) is 1. The maximum absolute atomic E-state index is 12.2. The highest BCUT2D eigenvalue weighted by Crippen LogP contribution is 2.18. The van der Waals surface area contributed by atoms with Gasteiger partial charge in [0.2, 0.25) is 0 Å². The van der Waals surface area contributed by atoms with Gasteiger partial charge in [-0.25, -0.2) is 0 Å². The van der Waals surface area contributed by atoms with Crippen LogP contribution in [0.25, 0.3) is 0 Å². The molecule has 0 saturated carbocycles. The summed E-state index contributed by atoms with van der Waals surface area (Å²) in [5.41, 5.74) is 6.36. The predicted octanol–water partition coefficient (Wildman–Crippen LogP) is 1.18. The van der Waals surface area contributed by atoms with E-state index in [1.165, 1.54) is 0 Å². The number of amides is 1. The average Bonchev–Trinajstić information content (AvgIpc) is 2.38. The Morgan fingerprint density at radius 1 is 1.41 bits per heavy atom. The van der Waals surface area contributed by atoms with Crippen LogP contribution in [0.3, 0.4) is 0 Å². The molecule has 0 spiro atoms. The number of benzene rings is 1. The van der Waals surface area contributed by atoms with Crippen LogP contribution in [0.2, 0.25) is 0 Å². The second-order valence-corrected chi connectivity index (χ2v) is 3.73. The van der Waals surface area contributed by atoms with Gasteiger partial charge < -0.3 is 15.4 Å². The van der Waals surface area contributed by atoms with Gasteiger partial charge in [-0.2, -0.15) is 0 Å². The van der Waals surface area contributed by atoms with E-state index in [2.05, 4.69) is 0 Å². The Morgan fingerprint density at radius 2 is 2.06 bits per heavy atom. The molecule has 94 valence electrons. The number of methoxy groups -OCH3 is 1. The summed E-state index contributed by atoms with van der Waals surface area (Å²) < 4.78 is 5.30. The van der Waals surface area contributed by atoms with Gasteiger partial charge in [0.25, 0.3) is 5.91 Å². The topological polar surface area (TPSA) is 55.6 Å². The zero-order valence-electron chi connectivity index (χ0n) is 10.4. The summed E-state index contributed by atoms with van der Waals surface area (Å²) in [7, 11) is 1.55. The average molecular weight is 236 g/mol. The van der Waals surface area contributed by atoms with Crippen LogP contribution < -0.4 is 5.73 Å². The van der Waals surface area contributed by atoms with Gasteiger partial charge in [0, 0.05) is 26.7 Å². The Kier molecular flexibility index (Phi) is 5.66. The lowest BCUT2D eigenvalue weighted by molar-refractivity contribution is -0.142. The lowest BCUT2D eigenvalue weighted by Crippen LogP contribution is -2.38. The fraction of sp³-hybridized carbons (Fsp3) is 0.462.